The summed E-state index contributed by atoms with van der Waals surface area (Å²) in [5.41, 5.74) is 1.42. The van der Waals surface area contributed by atoms with E-state index < -0.39 is 4.92 Å². The predicted octanol–water partition coefficient (Wildman–Crippen LogP) is 2.92. The molecule has 0 atom stereocenters. The molecule has 0 radical (unpaired) electrons. The molecule has 1 heterocycles. The van der Waals surface area contributed by atoms with Gasteiger partial charge in [0.25, 0.3) is 5.69 Å². The van der Waals surface area contributed by atoms with Crippen LogP contribution in [0.4, 0.5) is 5.69 Å². The van der Waals surface area contributed by atoms with Crippen molar-refractivity contribution in [1.82, 2.24) is 14.8 Å². The summed E-state index contributed by atoms with van der Waals surface area (Å²) in [4.78, 5) is 10.7. The number of benzene rings is 1. The Balaban J connectivity index is 2.67. The van der Waals surface area contributed by atoms with Crippen LogP contribution in [0.25, 0.3) is 11.4 Å². The third-order valence-corrected chi connectivity index (χ3v) is 3.09. The van der Waals surface area contributed by atoms with Crippen molar-refractivity contribution in [3.05, 3.63) is 39.7 Å². The minimum Gasteiger partial charge on any atom is -0.310 e. The summed E-state index contributed by atoms with van der Waals surface area (Å²) in [6, 6.07) is 4.93. The molecule has 7 heteroatoms. The van der Waals surface area contributed by atoms with E-state index in [1.165, 1.54) is 6.07 Å². The average molecular weight is 281 g/mol. The van der Waals surface area contributed by atoms with E-state index in [-0.39, 0.29) is 11.6 Å². The van der Waals surface area contributed by atoms with E-state index in [1.54, 1.807) is 16.7 Å². The summed E-state index contributed by atoms with van der Waals surface area (Å²) < 4.78 is 1.79. The summed E-state index contributed by atoms with van der Waals surface area (Å²) >= 11 is 5.79. The first kappa shape index (κ1) is 13.5. The van der Waals surface area contributed by atoms with Gasteiger partial charge in [-0.2, -0.15) is 0 Å². The lowest BCUT2D eigenvalue weighted by Gasteiger charge is -2.07. The monoisotopic (exact) mass is 280 g/mol. The molecular formula is C12H13ClN4O2. The number of rotatable bonds is 4. The molecule has 6 nitrogen and oxygen atoms in total. The lowest BCUT2D eigenvalue weighted by Crippen LogP contribution is -2.03. The highest BCUT2D eigenvalue weighted by Gasteiger charge is 2.21. The van der Waals surface area contributed by atoms with Crippen molar-refractivity contribution >= 4 is 17.3 Å². The van der Waals surface area contributed by atoms with E-state index in [1.807, 2.05) is 13.8 Å². The molecule has 0 fully saturated rings. The van der Waals surface area contributed by atoms with Crippen LogP contribution in [0.15, 0.2) is 18.2 Å². The maximum absolute atomic E-state index is 11.1. The Hall–Kier alpha value is -1.95. The quantitative estimate of drug-likeness (QED) is 0.490. The Morgan fingerprint density at radius 1 is 1.42 bits per heavy atom. The van der Waals surface area contributed by atoms with Crippen LogP contribution in [0, 0.1) is 17.0 Å². The Kier molecular flexibility index (Phi) is 3.80. The van der Waals surface area contributed by atoms with Gasteiger partial charge in [-0.15, -0.1) is 21.8 Å². The second kappa shape index (κ2) is 5.36. The summed E-state index contributed by atoms with van der Waals surface area (Å²) in [6.07, 6.45) is 0. The number of hydrogen-bond donors (Lipinski definition) is 0. The van der Waals surface area contributed by atoms with Crippen molar-refractivity contribution < 1.29 is 4.92 Å². The van der Waals surface area contributed by atoms with Gasteiger partial charge in [-0.1, -0.05) is 6.07 Å². The van der Waals surface area contributed by atoms with Crippen LogP contribution in [-0.4, -0.2) is 19.7 Å². The zero-order valence-corrected chi connectivity index (χ0v) is 11.4. The predicted molar refractivity (Wildman–Crippen MR) is 72.1 cm³/mol. The molecule has 2 aromatic rings. The van der Waals surface area contributed by atoms with Gasteiger partial charge in [0.15, 0.2) is 5.82 Å². The van der Waals surface area contributed by atoms with Crippen molar-refractivity contribution in [3.63, 3.8) is 0 Å². The molecule has 100 valence electrons. The number of nitrogens with zero attached hydrogens (tertiary/aromatic N) is 4. The van der Waals surface area contributed by atoms with Gasteiger partial charge >= 0.3 is 0 Å². The van der Waals surface area contributed by atoms with E-state index in [2.05, 4.69) is 10.2 Å². The zero-order chi connectivity index (χ0) is 14.0. The molecule has 0 aliphatic heterocycles. The topological polar surface area (TPSA) is 73.8 Å². The highest BCUT2D eigenvalue weighted by molar-refractivity contribution is 6.16. The molecule has 0 bridgehead atoms. The molecule has 0 N–H and O–H groups in total. The molecule has 0 aliphatic carbocycles. The van der Waals surface area contributed by atoms with Crippen molar-refractivity contribution in [1.29, 1.82) is 0 Å². The molecule has 2 rings (SSSR count). The highest BCUT2D eigenvalue weighted by atomic mass is 35.5. The fourth-order valence-electron chi connectivity index (χ4n) is 1.95. The zero-order valence-electron chi connectivity index (χ0n) is 10.6. The van der Waals surface area contributed by atoms with Gasteiger partial charge < -0.3 is 4.57 Å². The molecule has 1 aromatic heterocycles. The fraction of sp³-hybridized carbons (Fsp3) is 0.333. The Morgan fingerprint density at radius 3 is 2.74 bits per heavy atom. The van der Waals surface area contributed by atoms with Crippen LogP contribution in [0.2, 0.25) is 0 Å². The van der Waals surface area contributed by atoms with Gasteiger partial charge in [0.1, 0.15) is 5.82 Å². The van der Waals surface area contributed by atoms with E-state index in [4.69, 9.17) is 11.6 Å². The van der Waals surface area contributed by atoms with E-state index in [0.29, 0.717) is 23.8 Å². The third-order valence-electron chi connectivity index (χ3n) is 2.85. The number of aryl methyl sites for hydroxylation is 1. The molecular weight excluding hydrogens is 268 g/mol. The molecule has 1 aromatic carbocycles. The number of hydrogen-bond acceptors (Lipinski definition) is 4. The Labute approximate surface area is 115 Å². The average Bonchev–Trinajstić information content (AvgIpc) is 2.80. The second-order valence-electron chi connectivity index (χ2n) is 4.10. The number of nitro benzene ring substituents is 1. The van der Waals surface area contributed by atoms with Gasteiger partial charge in [-0.25, -0.2) is 0 Å². The number of nitro groups is 1. The van der Waals surface area contributed by atoms with Gasteiger partial charge in [-0.05, 0) is 25.5 Å². The van der Waals surface area contributed by atoms with Gasteiger partial charge in [-0.3, -0.25) is 10.1 Å². The molecule has 0 aliphatic rings. The first-order valence-corrected chi connectivity index (χ1v) is 6.35. The van der Waals surface area contributed by atoms with Gasteiger partial charge in [0, 0.05) is 12.6 Å². The highest BCUT2D eigenvalue weighted by Crippen LogP contribution is 2.30. The minimum absolute atomic E-state index is 0.0221. The Morgan fingerprint density at radius 2 is 2.16 bits per heavy atom. The Bertz CT molecular complexity index is 624. The summed E-state index contributed by atoms with van der Waals surface area (Å²) in [5, 5.41) is 19.1. The summed E-state index contributed by atoms with van der Waals surface area (Å²) in [6.45, 7) is 4.41. The summed E-state index contributed by atoms with van der Waals surface area (Å²) in [7, 11) is 0. The second-order valence-corrected chi connectivity index (χ2v) is 4.36. The molecule has 0 saturated heterocycles. The smallest absolute Gasteiger partial charge is 0.280 e. The maximum atomic E-state index is 11.1. The normalized spacial score (nSPS) is 10.7. The van der Waals surface area contributed by atoms with Gasteiger partial charge in [0.2, 0.25) is 0 Å². The maximum Gasteiger partial charge on any atom is 0.280 e. The van der Waals surface area contributed by atoms with Gasteiger partial charge in [0.05, 0.1) is 16.4 Å². The molecule has 0 unspecified atom stereocenters. The number of alkyl halides is 1. The SMILES string of the molecule is CCn1c(CCl)nnc1-c1cc(C)ccc1[N+](=O)[O-]. The first-order valence-electron chi connectivity index (χ1n) is 5.82. The third kappa shape index (κ3) is 2.44. The summed E-state index contributed by atoms with van der Waals surface area (Å²) in [5.74, 6) is 1.31. The van der Waals surface area contributed by atoms with Crippen LogP contribution in [-0.2, 0) is 12.4 Å². The first-order chi connectivity index (χ1) is 9.08. The number of halogens is 1. The minimum atomic E-state index is -0.413. The van der Waals surface area contributed by atoms with Crippen LogP contribution < -0.4 is 0 Å². The van der Waals surface area contributed by atoms with Crippen LogP contribution in [0.1, 0.15) is 18.3 Å². The molecule has 0 spiro atoms. The fourth-order valence-corrected chi connectivity index (χ4v) is 2.15. The van der Waals surface area contributed by atoms with Crippen LogP contribution >= 0.6 is 11.6 Å². The van der Waals surface area contributed by atoms with Crippen molar-refractivity contribution in [2.45, 2.75) is 26.3 Å². The standard InChI is InChI=1S/C12H13ClN4O2/c1-3-16-11(7-13)14-15-12(16)9-6-8(2)4-5-10(9)17(18)19/h4-6H,3,7H2,1-2H3. The van der Waals surface area contributed by atoms with Crippen LogP contribution in [0.3, 0.4) is 0 Å². The van der Waals surface area contributed by atoms with Crippen molar-refractivity contribution in [3.8, 4) is 11.4 Å². The lowest BCUT2D eigenvalue weighted by atomic mass is 10.1. The van der Waals surface area contributed by atoms with E-state index >= 15 is 0 Å². The van der Waals surface area contributed by atoms with E-state index in [0.717, 1.165) is 5.56 Å². The molecule has 19 heavy (non-hydrogen) atoms. The lowest BCUT2D eigenvalue weighted by molar-refractivity contribution is -0.384. The largest absolute Gasteiger partial charge is 0.310 e. The van der Waals surface area contributed by atoms with E-state index in [9.17, 15) is 10.1 Å². The molecule has 0 saturated carbocycles. The van der Waals surface area contributed by atoms with Crippen LogP contribution in [0.5, 0.6) is 0 Å². The van der Waals surface area contributed by atoms with Crippen molar-refractivity contribution in [2.24, 2.45) is 0 Å². The molecule has 0 amide bonds. The van der Waals surface area contributed by atoms with Crippen molar-refractivity contribution in [2.75, 3.05) is 0 Å². The number of aromatic nitrogens is 3.